The van der Waals surface area contributed by atoms with E-state index >= 15 is 4.39 Å². The van der Waals surface area contributed by atoms with Gasteiger partial charge in [0.1, 0.15) is 41.0 Å². The number of benzene rings is 2. The molecule has 6 rings (SSSR count). The lowest BCUT2D eigenvalue weighted by Gasteiger charge is -2.32. The monoisotopic (exact) mass is 597 g/mol. The van der Waals surface area contributed by atoms with E-state index in [1.54, 1.807) is 36.4 Å². The van der Waals surface area contributed by atoms with Gasteiger partial charge in [0.15, 0.2) is 0 Å². The highest BCUT2D eigenvalue weighted by molar-refractivity contribution is 5.95. The second-order valence-corrected chi connectivity index (χ2v) is 11.1. The molecule has 44 heavy (non-hydrogen) atoms. The van der Waals surface area contributed by atoms with Gasteiger partial charge in [-0.15, -0.1) is 0 Å². The van der Waals surface area contributed by atoms with Crippen LogP contribution in [0.4, 0.5) is 27.4 Å². The maximum Gasteiger partial charge on any atom is 0.245 e. The molecule has 0 bridgehead atoms. The second-order valence-electron chi connectivity index (χ2n) is 11.1. The molecule has 3 N–H and O–H groups in total. The topological polar surface area (TPSA) is 114 Å². The van der Waals surface area contributed by atoms with Gasteiger partial charge < -0.3 is 30.3 Å². The number of amides is 1. The number of fused-ring (bicyclic) bond motifs is 1. The molecule has 1 amide bonds. The molecular formula is C33H36FN7O3. The molecule has 1 aliphatic heterocycles. The van der Waals surface area contributed by atoms with Crippen LogP contribution < -0.4 is 25.4 Å². The summed E-state index contributed by atoms with van der Waals surface area (Å²) in [6.07, 6.45) is 10.8. The fraction of sp³-hybridized carbons (Fsp3) is 0.333. The number of pyridine rings is 1. The van der Waals surface area contributed by atoms with E-state index in [1.807, 2.05) is 18.2 Å². The molecule has 3 heterocycles. The fourth-order valence-corrected chi connectivity index (χ4v) is 5.82. The average Bonchev–Trinajstić information content (AvgIpc) is 3.55. The van der Waals surface area contributed by atoms with E-state index in [0.29, 0.717) is 53.1 Å². The molecule has 1 aliphatic carbocycles. The van der Waals surface area contributed by atoms with Crippen LogP contribution in [-0.4, -0.2) is 58.0 Å². The average molecular weight is 598 g/mol. The fourth-order valence-electron chi connectivity index (χ4n) is 5.82. The SMILES string of the molecule is C=CC(=O)N1CCC(Nc2cc3c(Nc4ccc(Oc5ccnc(NC6CCCC6)c5)cc4F)ncnc3cc2OC)CC1. The van der Waals surface area contributed by atoms with E-state index in [-0.39, 0.29) is 17.6 Å². The highest BCUT2D eigenvalue weighted by atomic mass is 19.1. The second kappa shape index (κ2) is 13.2. The molecule has 2 aromatic carbocycles. The van der Waals surface area contributed by atoms with Crippen molar-refractivity contribution < 1.29 is 18.7 Å². The predicted molar refractivity (Wildman–Crippen MR) is 169 cm³/mol. The summed E-state index contributed by atoms with van der Waals surface area (Å²) >= 11 is 0. The van der Waals surface area contributed by atoms with Crippen molar-refractivity contribution in [2.75, 3.05) is 36.1 Å². The van der Waals surface area contributed by atoms with Crippen molar-refractivity contribution in [3.63, 3.8) is 0 Å². The Morgan fingerprint density at radius 1 is 0.955 bits per heavy atom. The number of rotatable bonds is 10. The van der Waals surface area contributed by atoms with Crippen molar-refractivity contribution in [3.8, 4) is 17.2 Å². The van der Waals surface area contributed by atoms with Gasteiger partial charge in [-0.3, -0.25) is 4.79 Å². The first-order valence-electron chi connectivity index (χ1n) is 15.0. The number of ether oxygens (including phenoxy) is 2. The minimum Gasteiger partial charge on any atom is -0.495 e. The van der Waals surface area contributed by atoms with E-state index in [4.69, 9.17) is 9.47 Å². The highest BCUT2D eigenvalue weighted by Gasteiger charge is 2.23. The summed E-state index contributed by atoms with van der Waals surface area (Å²) in [6.45, 7) is 4.87. The Morgan fingerprint density at radius 2 is 1.73 bits per heavy atom. The van der Waals surface area contributed by atoms with Crippen molar-refractivity contribution in [3.05, 3.63) is 73.5 Å². The zero-order valence-corrected chi connectivity index (χ0v) is 24.7. The number of hydrogen-bond donors (Lipinski definition) is 3. The largest absolute Gasteiger partial charge is 0.495 e. The minimum absolute atomic E-state index is 0.0511. The third-order valence-electron chi connectivity index (χ3n) is 8.17. The normalized spacial score (nSPS) is 15.6. The van der Waals surface area contributed by atoms with Gasteiger partial charge >= 0.3 is 0 Å². The number of nitrogens with one attached hydrogen (secondary N) is 3. The lowest BCUT2D eigenvalue weighted by molar-refractivity contribution is -0.126. The summed E-state index contributed by atoms with van der Waals surface area (Å²) in [5.74, 6) is 2.26. The Hall–Kier alpha value is -4.93. The van der Waals surface area contributed by atoms with Crippen molar-refractivity contribution in [2.45, 2.75) is 50.6 Å². The molecule has 2 fully saturated rings. The van der Waals surface area contributed by atoms with Crippen LogP contribution in [-0.2, 0) is 4.79 Å². The van der Waals surface area contributed by atoms with Crippen LogP contribution in [0.15, 0.2) is 67.6 Å². The zero-order chi connectivity index (χ0) is 30.5. The van der Waals surface area contributed by atoms with Gasteiger partial charge in [-0.05, 0) is 56.0 Å². The molecule has 2 aromatic heterocycles. The number of likely N-dealkylation sites (tertiary alicyclic amines) is 1. The standard InChI is InChI=1S/C33H36FN7O3/c1-3-32(42)41-14-11-22(12-15-41)38-29-18-25-28(19-30(29)43-2)36-20-37-33(25)40-27-9-8-23(16-26(27)34)44-24-10-13-35-31(17-24)39-21-6-4-5-7-21/h3,8-10,13,16-22,38H,1,4-7,11-12,14-15H2,2H3,(H,35,39)(H,36,37,40). The third kappa shape index (κ3) is 6.66. The van der Waals surface area contributed by atoms with Crippen molar-refractivity contribution in [2.24, 2.45) is 0 Å². The molecule has 0 radical (unpaired) electrons. The summed E-state index contributed by atoms with van der Waals surface area (Å²) in [7, 11) is 1.61. The summed E-state index contributed by atoms with van der Waals surface area (Å²) in [5.41, 5.74) is 1.67. The van der Waals surface area contributed by atoms with Gasteiger partial charge in [-0.25, -0.2) is 19.3 Å². The summed E-state index contributed by atoms with van der Waals surface area (Å²) in [5, 5.41) is 10.8. The Bertz CT molecular complexity index is 1650. The maximum absolute atomic E-state index is 15.3. The van der Waals surface area contributed by atoms with Crippen LogP contribution >= 0.6 is 0 Å². The molecule has 1 saturated heterocycles. The molecule has 228 valence electrons. The highest BCUT2D eigenvalue weighted by Crippen LogP contribution is 2.35. The number of carbonyl (C=O) groups excluding carboxylic acids is 1. The number of hydrogen-bond acceptors (Lipinski definition) is 9. The van der Waals surface area contributed by atoms with Gasteiger partial charge in [0.05, 0.1) is 24.0 Å². The smallest absolute Gasteiger partial charge is 0.245 e. The number of anilines is 4. The zero-order valence-electron chi connectivity index (χ0n) is 24.7. The first-order valence-corrected chi connectivity index (χ1v) is 15.0. The van der Waals surface area contributed by atoms with Gasteiger partial charge in [0, 0.05) is 55.0 Å². The van der Waals surface area contributed by atoms with Gasteiger partial charge in [0.2, 0.25) is 5.91 Å². The molecule has 4 aromatic rings. The van der Waals surface area contributed by atoms with Gasteiger partial charge in [-0.1, -0.05) is 19.4 Å². The van der Waals surface area contributed by atoms with Gasteiger partial charge in [0.25, 0.3) is 0 Å². The van der Waals surface area contributed by atoms with Crippen molar-refractivity contribution in [1.29, 1.82) is 0 Å². The van der Waals surface area contributed by atoms with E-state index in [1.165, 1.54) is 31.3 Å². The van der Waals surface area contributed by atoms with Crippen LogP contribution in [0.2, 0.25) is 0 Å². The number of piperidine rings is 1. The first kappa shape index (κ1) is 29.2. The maximum atomic E-state index is 15.3. The molecular weight excluding hydrogens is 561 g/mol. The van der Waals surface area contributed by atoms with Gasteiger partial charge in [-0.2, -0.15) is 0 Å². The number of halogens is 1. The van der Waals surface area contributed by atoms with Crippen LogP contribution in [0.5, 0.6) is 17.2 Å². The molecule has 11 heteroatoms. The molecule has 10 nitrogen and oxygen atoms in total. The van der Waals surface area contributed by atoms with E-state index < -0.39 is 5.82 Å². The lowest BCUT2D eigenvalue weighted by Crippen LogP contribution is -2.41. The molecule has 0 atom stereocenters. The summed E-state index contributed by atoms with van der Waals surface area (Å²) in [4.78, 5) is 27.0. The molecule has 1 saturated carbocycles. The Labute approximate surface area is 255 Å². The number of nitrogens with zero attached hydrogens (tertiary/aromatic N) is 4. The van der Waals surface area contributed by atoms with Crippen LogP contribution in [0, 0.1) is 5.82 Å². The number of carbonyl (C=O) groups is 1. The molecule has 2 aliphatic rings. The van der Waals surface area contributed by atoms with Crippen LogP contribution in [0.25, 0.3) is 10.9 Å². The summed E-state index contributed by atoms with van der Waals surface area (Å²) in [6, 6.07) is 12.6. The minimum atomic E-state index is -0.486. The van der Waals surface area contributed by atoms with E-state index in [9.17, 15) is 4.79 Å². The molecule has 0 unspecified atom stereocenters. The number of methoxy groups -OCH3 is 1. The predicted octanol–water partition coefficient (Wildman–Crippen LogP) is 6.65. The van der Waals surface area contributed by atoms with Crippen LogP contribution in [0.3, 0.4) is 0 Å². The Balaban J connectivity index is 1.17. The first-order chi connectivity index (χ1) is 21.5. The van der Waals surface area contributed by atoms with E-state index in [0.717, 1.165) is 37.2 Å². The Morgan fingerprint density at radius 3 is 2.48 bits per heavy atom. The van der Waals surface area contributed by atoms with Crippen LogP contribution in [0.1, 0.15) is 38.5 Å². The van der Waals surface area contributed by atoms with Crippen molar-refractivity contribution >= 4 is 39.8 Å². The lowest BCUT2D eigenvalue weighted by atomic mass is 10.0. The quantitative estimate of drug-likeness (QED) is 0.173. The molecule has 0 spiro atoms. The Kier molecular flexibility index (Phi) is 8.71. The van der Waals surface area contributed by atoms with E-state index in [2.05, 4.69) is 37.5 Å². The third-order valence-corrected chi connectivity index (χ3v) is 8.17. The van der Waals surface area contributed by atoms with Crippen molar-refractivity contribution in [1.82, 2.24) is 19.9 Å². The summed E-state index contributed by atoms with van der Waals surface area (Å²) < 4.78 is 26.9. The number of aromatic nitrogens is 3.